The van der Waals surface area contributed by atoms with Gasteiger partial charge >= 0.3 is 0 Å². The average molecular weight is 355 g/mol. The van der Waals surface area contributed by atoms with Crippen LogP contribution in [0.5, 0.6) is 0 Å². The van der Waals surface area contributed by atoms with Gasteiger partial charge in [0.25, 0.3) is 0 Å². The van der Waals surface area contributed by atoms with E-state index in [2.05, 4.69) is 21.2 Å². The molecule has 1 fully saturated rings. The molecule has 21 heavy (non-hydrogen) atoms. The first-order valence-corrected chi connectivity index (χ1v) is 7.66. The third-order valence-electron chi connectivity index (χ3n) is 3.60. The number of nitrogens with zero attached hydrogens (tertiary/aromatic N) is 1. The molecule has 5 nitrogen and oxygen atoms in total. The van der Waals surface area contributed by atoms with E-state index in [1.165, 1.54) is 0 Å². The Balaban J connectivity index is 1.99. The Morgan fingerprint density at radius 1 is 1.52 bits per heavy atom. The summed E-state index contributed by atoms with van der Waals surface area (Å²) < 4.78 is 5.90. The van der Waals surface area contributed by atoms with Crippen molar-refractivity contribution in [2.75, 3.05) is 25.6 Å². The van der Waals surface area contributed by atoms with Crippen molar-refractivity contribution in [3.63, 3.8) is 0 Å². The largest absolute Gasteiger partial charge is 0.383 e. The molecule has 1 aliphatic heterocycles. The molecule has 1 aliphatic rings. The molecule has 1 N–H and O–H groups in total. The molecule has 0 aliphatic carbocycles. The number of nitrogens with one attached hydrogen (secondary N) is 1. The van der Waals surface area contributed by atoms with Gasteiger partial charge in [0.1, 0.15) is 0 Å². The smallest absolute Gasteiger partial charge is 0.229 e. The first kappa shape index (κ1) is 16.0. The minimum absolute atomic E-state index is 0.00632. The molecule has 2 amide bonds. The van der Waals surface area contributed by atoms with E-state index in [9.17, 15) is 9.59 Å². The van der Waals surface area contributed by atoms with E-state index >= 15 is 0 Å². The van der Waals surface area contributed by atoms with Crippen LogP contribution in [0.1, 0.15) is 13.3 Å². The maximum absolute atomic E-state index is 12.3. The molecule has 0 saturated carbocycles. The van der Waals surface area contributed by atoms with Crippen LogP contribution < -0.4 is 5.32 Å². The number of benzene rings is 1. The van der Waals surface area contributed by atoms with E-state index in [0.29, 0.717) is 13.2 Å². The lowest BCUT2D eigenvalue weighted by Crippen LogP contribution is -2.38. The zero-order valence-corrected chi connectivity index (χ0v) is 13.7. The Hall–Kier alpha value is -1.40. The Bertz CT molecular complexity index is 535. The van der Waals surface area contributed by atoms with Crippen molar-refractivity contribution >= 4 is 33.4 Å². The lowest BCUT2D eigenvalue weighted by molar-refractivity contribution is -0.130. The summed E-state index contributed by atoms with van der Waals surface area (Å²) >= 11 is 3.39. The van der Waals surface area contributed by atoms with Crippen molar-refractivity contribution in [2.24, 2.45) is 5.92 Å². The molecule has 6 heteroatoms. The number of rotatable bonds is 5. The van der Waals surface area contributed by atoms with E-state index in [0.717, 1.165) is 10.2 Å². The molecule has 0 aromatic heterocycles. The van der Waals surface area contributed by atoms with Gasteiger partial charge in [-0.15, -0.1) is 0 Å². The van der Waals surface area contributed by atoms with Gasteiger partial charge in [0.15, 0.2) is 0 Å². The topological polar surface area (TPSA) is 58.6 Å². The van der Waals surface area contributed by atoms with Crippen LogP contribution >= 0.6 is 15.9 Å². The van der Waals surface area contributed by atoms with Gasteiger partial charge in [-0.3, -0.25) is 9.59 Å². The molecule has 2 atom stereocenters. The van der Waals surface area contributed by atoms with Gasteiger partial charge in [0.05, 0.1) is 24.3 Å². The van der Waals surface area contributed by atoms with E-state index in [1.54, 1.807) is 12.0 Å². The minimum Gasteiger partial charge on any atom is -0.383 e. The third kappa shape index (κ3) is 3.83. The maximum Gasteiger partial charge on any atom is 0.229 e. The standard InChI is InChI=1S/C15H19BrN2O3/c1-10(9-21-2)18-8-11(7-14(18)19)15(20)17-13-6-4-3-5-12(13)16/h3-6,10-11H,7-9H2,1-2H3,(H,17,20)/t10-,11+/m0/s1. The second-order valence-electron chi connectivity index (χ2n) is 5.22. The van der Waals surface area contributed by atoms with Crippen molar-refractivity contribution in [1.82, 2.24) is 4.90 Å². The summed E-state index contributed by atoms with van der Waals surface area (Å²) in [6, 6.07) is 7.41. The predicted octanol–water partition coefficient (Wildman–Crippen LogP) is 2.27. The normalized spacial score (nSPS) is 19.7. The number of methoxy groups -OCH3 is 1. The quantitative estimate of drug-likeness (QED) is 0.882. The number of amides is 2. The monoisotopic (exact) mass is 354 g/mol. The highest BCUT2D eigenvalue weighted by atomic mass is 79.9. The number of hydrogen-bond acceptors (Lipinski definition) is 3. The molecule has 1 saturated heterocycles. The summed E-state index contributed by atoms with van der Waals surface area (Å²) in [6.07, 6.45) is 0.254. The third-order valence-corrected chi connectivity index (χ3v) is 4.29. The molecule has 1 aromatic rings. The minimum atomic E-state index is -0.316. The van der Waals surface area contributed by atoms with Gasteiger partial charge < -0.3 is 15.0 Å². The van der Waals surface area contributed by atoms with Crippen LogP contribution in [0.4, 0.5) is 5.69 Å². The lowest BCUT2D eigenvalue weighted by atomic mass is 10.1. The predicted molar refractivity (Wildman–Crippen MR) is 83.9 cm³/mol. The summed E-state index contributed by atoms with van der Waals surface area (Å²) in [5, 5.41) is 2.87. The zero-order chi connectivity index (χ0) is 15.4. The van der Waals surface area contributed by atoms with Crippen LogP contribution in [0.3, 0.4) is 0 Å². The molecule has 1 heterocycles. The molecular weight excluding hydrogens is 336 g/mol. The molecule has 0 bridgehead atoms. The van der Waals surface area contributed by atoms with Gasteiger partial charge in [0.2, 0.25) is 11.8 Å². The Labute approximate surface area is 132 Å². The van der Waals surface area contributed by atoms with E-state index < -0.39 is 0 Å². The Morgan fingerprint density at radius 3 is 2.90 bits per heavy atom. The van der Waals surface area contributed by atoms with Crippen molar-refractivity contribution in [1.29, 1.82) is 0 Å². The van der Waals surface area contributed by atoms with Crippen molar-refractivity contribution in [3.05, 3.63) is 28.7 Å². The fourth-order valence-electron chi connectivity index (χ4n) is 2.46. The van der Waals surface area contributed by atoms with E-state index in [1.807, 2.05) is 31.2 Å². The number of carbonyl (C=O) groups is 2. The molecule has 0 radical (unpaired) electrons. The van der Waals surface area contributed by atoms with Crippen LogP contribution in [-0.4, -0.2) is 43.0 Å². The SMILES string of the molecule is COC[C@H](C)N1C[C@H](C(=O)Nc2ccccc2Br)CC1=O. The summed E-state index contributed by atoms with van der Waals surface area (Å²) in [5.74, 6) is -0.432. The maximum atomic E-state index is 12.3. The number of hydrogen-bond donors (Lipinski definition) is 1. The van der Waals surface area contributed by atoms with Gasteiger partial charge in [-0.05, 0) is 35.0 Å². The summed E-state index contributed by atoms with van der Waals surface area (Å²) in [4.78, 5) is 26.0. The zero-order valence-electron chi connectivity index (χ0n) is 12.1. The molecule has 1 aromatic carbocycles. The van der Waals surface area contributed by atoms with E-state index in [-0.39, 0.29) is 30.2 Å². The van der Waals surface area contributed by atoms with Gasteiger partial charge in [-0.1, -0.05) is 12.1 Å². The number of carbonyl (C=O) groups excluding carboxylic acids is 2. The summed E-state index contributed by atoms with van der Waals surface area (Å²) in [5.41, 5.74) is 0.721. The number of halogens is 1. The molecule has 114 valence electrons. The fraction of sp³-hybridized carbons (Fsp3) is 0.467. The number of para-hydroxylation sites is 1. The molecule has 0 spiro atoms. The Kier molecular flexibility index (Phi) is 5.36. The molecule has 0 unspecified atom stereocenters. The summed E-state index contributed by atoms with van der Waals surface area (Å²) in [7, 11) is 1.61. The number of likely N-dealkylation sites (tertiary alicyclic amines) is 1. The molecule has 2 rings (SSSR count). The highest BCUT2D eigenvalue weighted by Gasteiger charge is 2.36. The van der Waals surface area contributed by atoms with Crippen molar-refractivity contribution in [3.8, 4) is 0 Å². The van der Waals surface area contributed by atoms with Crippen molar-refractivity contribution < 1.29 is 14.3 Å². The van der Waals surface area contributed by atoms with Gasteiger partial charge in [0, 0.05) is 24.5 Å². The van der Waals surface area contributed by atoms with Gasteiger partial charge in [-0.25, -0.2) is 0 Å². The van der Waals surface area contributed by atoms with Crippen LogP contribution in [-0.2, 0) is 14.3 Å². The van der Waals surface area contributed by atoms with E-state index in [4.69, 9.17) is 4.74 Å². The Morgan fingerprint density at radius 2 is 2.24 bits per heavy atom. The lowest BCUT2D eigenvalue weighted by Gasteiger charge is -2.23. The second kappa shape index (κ2) is 7.04. The van der Waals surface area contributed by atoms with Crippen LogP contribution in [0, 0.1) is 5.92 Å². The second-order valence-corrected chi connectivity index (χ2v) is 6.07. The average Bonchev–Trinajstić information content (AvgIpc) is 2.84. The van der Waals surface area contributed by atoms with Crippen LogP contribution in [0.25, 0.3) is 0 Å². The highest BCUT2D eigenvalue weighted by molar-refractivity contribution is 9.10. The first-order chi connectivity index (χ1) is 10.0. The van der Waals surface area contributed by atoms with Crippen LogP contribution in [0.2, 0.25) is 0 Å². The first-order valence-electron chi connectivity index (χ1n) is 6.86. The number of ether oxygens (including phenoxy) is 1. The van der Waals surface area contributed by atoms with Crippen molar-refractivity contribution in [2.45, 2.75) is 19.4 Å². The fourth-order valence-corrected chi connectivity index (χ4v) is 2.85. The van der Waals surface area contributed by atoms with Gasteiger partial charge in [-0.2, -0.15) is 0 Å². The summed E-state index contributed by atoms with van der Waals surface area (Å²) in [6.45, 7) is 2.85. The number of anilines is 1. The highest BCUT2D eigenvalue weighted by Crippen LogP contribution is 2.25. The van der Waals surface area contributed by atoms with Crippen LogP contribution in [0.15, 0.2) is 28.7 Å². The molecular formula is C15H19BrN2O3.